The van der Waals surface area contributed by atoms with Crippen molar-refractivity contribution in [1.82, 2.24) is 9.88 Å². The summed E-state index contributed by atoms with van der Waals surface area (Å²) in [5.41, 5.74) is 1.05. The molecule has 0 unspecified atom stereocenters. The molecule has 0 bridgehead atoms. The lowest BCUT2D eigenvalue weighted by Crippen LogP contribution is -2.32. The highest BCUT2D eigenvalue weighted by atomic mass is 16.5. The van der Waals surface area contributed by atoms with Crippen LogP contribution in [-0.2, 0) is 16.0 Å². The molecule has 0 fully saturated rings. The molecule has 0 radical (unpaired) electrons. The molecule has 0 amide bonds. The van der Waals surface area contributed by atoms with E-state index in [1.54, 1.807) is 6.20 Å². The van der Waals surface area contributed by atoms with Crippen LogP contribution in [0.2, 0.25) is 0 Å². The zero-order valence-corrected chi connectivity index (χ0v) is 9.85. The summed E-state index contributed by atoms with van der Waals surface area (Å²) >= 11 is 0. The molecule has 0 saturated carbocycles. The Kier molecular flexibility index (Phi) is 5.50. The van der Waals surface area contributed by atoms with Gasteiger partial charge in [0.15, 0.2) is 0 Å². The summed E-state index contributed by atoms with van der Waals surface area (Å²) in [5, 5.41) is 0. The van der Waals surface area contributed by atoms with Crippen LogP contribution in [0.5, 0.6) is 0 Å². The first kappa shape index (κ1) is 12.6. The standard InChI is InChI=1S/C12H18N2O2/c1-3-14(10-12(15)16-2)9-7-11-6-4-5-8-13-11/h4-6,8H,3,7,9-10H2,1-2H3. The second kappa shape index (κ2) is 6.95. The maximum atomic E-state index is 11.1. The lowest BCUT2D eigenvalue weighted by molar-refractivity contribution is -0.141. The van der Waals surface area contributed by atoms with Crippen molar-refractivity contribution in [3.8, 4) is 0 Å². The summed E-state index contributed by atoms with van der Waals surface area (Å²) in [5.74, 6) is -0.192. The van der Waals surface area contributed by atoms with E-state index in [0.717, 1.165) is 25.2 Å². The lowest BCUT2D eigenvalue weighted by atomic mass is 10.2. The number of likely N-dealkylation sites (N-methyl/N-ethyl adjacent to an activating group) is 1. The molecule has 0 aliphatic heterocycles. The highest BCUT2D eigenvalue weighted by Crippen LogP contribution is 1.98. The summed E-state index contributed by atoms with van der Waals surface area (Å²) in [6.07, 6.45) is 2.64. The number of carbonyl (C=O) groups excluding carboxylic acids is 1. The highest BCUT2D eigenvalue weighted by molar-refractivity contribution is 5.71. The first-order chi connectivity index (χ1) is 7.76. The lowest BCUT2D eigenvalue weighted by Gasteiger charge is -2.18. The second-order valence-corrected chi connectivity index (χ2v) is 3.52. The normalized spacial score (nSPS) is 10.4. The van der Waals surface area contributed by atoms with Gasteiger partial charge in [-0.1, -0.05) is 13.0 Å². The number of aromatic nitrogens is 1. The van der Waals surface area contributed by atoms with E-state index in [2.05, 4.69) is 9.72 Å². The van der Waals surface area contributed by atoms with E-state index in [4.69, 9.17) is 0 Å². The monoisotopic (exact) mass is 222 g/mol. The van der Waals surface area contributed by atoms with Gasteiger partial charge in [-0.2, -0.15) is 0 Å². The summed E-state index contributed by atoms with van der Waals surface area (Å²) in [6, 6.07) is 5.86. The minimum atomic E-state index is -0.192. The molecule has 0 atom stereocenters. The number of nitrogens with zero attached hydrogens (tertiary/aromatic N) is 2. The predicted octanol–water partition coefficient (Wildman–Crippen LogP) is 1.12. The number of hydrogen-bond donors (Lipinski definition) is 0. The molecule has 0 spiro atoms. The van der Waals surface area contributed by atoms with Crippen LogP contribution < -0.4 is 0 Å². The van der Waals surface area contributed by atoms with E-state index in [1.165, 1.54) is 7.11 Å². The van der Waals surface area contributed by atoms with Crippen molar-refractivity contribution in [1.29, 1.82) is 0 Å². The van der Waals surface area contributed by atoms with Crippen molar-refractivity contribution in [2.45, 2.75) is 13.3 Å². The van der Waals surface area contributed by atoms with Gasteiger partial charge >= 0.3 is 5.97 Å². The number of pyridine rings is 1. The molecule has 0 aromatic carbocycles. The van der Waals surface area contributed by atoms with Crippen molar-refractivity contribution < 1.29 is 9.53 Å². The van der Waals surface area contributed by atoms with Crippen LogP contribution in [0.3, 0.4) is 0 Å². The molecule has 0 aliphatic rings. The molecule has 0 N–H and O–H groups in total. The zero-order chi connectivity index (χ0) is 11.8. The van der Waals surface area contributed by atoms with Crippen molar-refractivity contribution in [2.24, 2.45) is 0 Å². The summed E-state index contributed by atoms with van der Waals surface area (Å²) < 4.78 is 4.64. The topological polar surface area (TPSA) is 42.4 Å². The number of hydrogen-bond acceptors (Lipinski definition) is 4. The molecule has 88 valence electrons. The van der Waals surface area contributed by atoms with E-state index < -0.39 is 0 Å². The van der Waals surface area contributed by atoms with E-state index in [-0.39, 0.29) is 5.97 Å². The molecule has 16 heavy (non-hydrogen) atoms. The Morgan fingerprint density at radius 3 is 2.88 bits per heavy atom. The fraction of sp³-hybridized carbons (Fsp3) is 0.500. The summed E-state index contributed by atoms with van der Waals surface area (Å²) in [6.45, 7) is 4.03. The highest BCUT2D eigenvalue weighted by Gasteiger charge is 2.08. The van der Waals surface area contributed by atoms with E-state index in [1.807, 2.05) is 30.0 Å². The van der Waals surface area contributed by atoms with Gasteiger partial charge in [0.1, 0.15) is 0 Å². The van der Waals surface area contributed by atoms with Gasteiger partial charge in [-0.3, -0.25) is 14.7 Å². The Hall–Kier alpha value is -1.42. The largest absolute Gasteiger partial charge is 0.468 e. The van der Waals surface area contributed by atoms with Gasteiger partial charge in [-0.25, -0.2) is 0 Å². The molecule has 4 nitrogen and oxygen atoms in total. The molecule has 0 aliphatic carbocycles. The number of esters is 1. The SMILES string of the molecule is CCN(CCc1ccccn1)CC(=O)OC. The molecule has 1 heterocycles. The van der Waals surface area contributed by atoms with Gasteiger partial charge < -0.3 is 4.74 Å². The maximum Gasteiger partial charge on any atom is 0.319 e. The van der Waals surface area contributed by atoms with E-state index >= 15 is 0 Å². The van der Waals surface area contributed by atoms with Gasteiger partial charge in [-0.15, -0.1) is 0 Å². The van der Waals surface area contributed by atoms with Gasteiger partial charge in [0.25, 0.3) is 0 Å². The maximum absolute atomic E-state index is 11.1. The first-order valence-electron chi connectivity index (χ1n) is 5.45. The molecular formula is C12H18N2O2. The van der Waals surface area contributed by atoms with Crippen LogP contribution in [0, 0.1) is 0 Å². The average molecular weight is 222 g/mol. The third-order valence-electron chi connectivity index (χ3n) is 2.44. The molecule has 4 heteroatoms. The van der Waals surface area contributed by atoms with E-state index in [9.17, 15) is 4.79 Å². The van der Waals surface area contributed by atoms with E-state index in [0.29, 0.717) is 6.54 Å². The van der Waals surface area contributed by atoms with Crippen LogP contribution in [0.25, 0.3) is 0 Å². The number of methoxy groups -OCH3 is 1. The van der Waals surface area contributed by atoms with Crippen molar-refractivity contribution in [2.75, 3.05) is 26.7 Å². The Morgan fingerprint density at radius 2 is 2.31 bits per heavy atom. The van der Waals surface area contributed by atoms with Crippen LogP contribution in [0.4, 0.5) is 0 Å². The predicted molar refractivity (Wildman–Crippen MR) is 62.1 cm³/mol. The van der Waals surface area contributed by atoms with Crippen molar-refractivity contribution >= 4 is 5.97 Å². The fourth-order valence-corrected chi connectivity index (χ4v) is 1.41. The second-order valence-electron chi connectivity index (χ2n) is 3.52. The Morgan fingerprint density at radius 1 is 1.50 bits per heavy atom. The van der Waals surface area contributed by atoms with Crippen LogP contribution in [0.1, 0.15) is 12.6 Å². The molecule has 1 rings (SSSR count). The number of carbonyl (C=O) groups is 1. The number of rotatable bonds is 6. The number of ether oxygens (including phenoxy) is 1. The molecule has 0 saturated heterocycles. The van der Waals surface area contributed by atoms with Crippen LogP contribution in [0.15, 0.2) is 24.4 Å². The smallest absolute Gasteiger partial charge is 0.319 e. The summed E-state index contributed by atoms with van der Waals surface area (Å²) in [7, 11) is 1.41. The summed E-state index contributed by atoms with van der Waals surface area (Å²) in [4.78, 5) is 17.4. The van der Waals surface area contributed by atoms with Crippen LogP contribution in [-0.4, -0.2) is 42.6 Å². The van der Waals surface area contributed by atoms with Gasteiger partial charge in [0.2, 0.25) is 0 Å². The Labute approximate surface area is 96.2 Å². The molecule has 1 aromatic rings. The average Bonchev–Trinajstić information content (AvgIpc) is 2.35. The van der Waals surface area contributed by atoms with Gasteiger partial charge in [0, 0.05) is 24.9 Å². The van der Waals surface area contributed by atoms with Gasteiger partial charge in [-0.05, 0) is 18.7 Å². The third-order valence-corrected chi connectivity index (χ3v) is 2.44. The third kappa shape index (κ3) is 4.40. The Bertz CT molecular complexity index is 314. The first-order valence-corrected chi connectivity index (χ1v) is 5.45. The Balaban J connectivity index is 2.37. The fourth-order valence-electron chi connectivity index (χ4n) is 1.41. The zero-order valence-electron chi connectivity index (χ0n) is 9.85. The quantitative estimate of drug-likeness (QED) is 0.676. The van der Waals surface area contributed by atoms with Crippen molar-refractivity contribution in [3.05, 3.63) is 30.1 Å². The molecular weight excluding hydrogens is 204 g/mol. The minimum Gasteiger partial charge on any atom is -0.468 e. The van der Waals surface area contributed by atoms with Crippen molar-refractivity contribution in [3.63, 3.8) is 0 Å². The van der Waals surface area contributed by atoms with Crippen LogP contribution >= 0.6 is 0 Å². The minimum absolute atomic E-state index is 0.192. The van der Waals surface area contributed by atoms with Gasteiger partial charge in [0.05, 0.1) is 13.7 Å². The molecule has 1 aromatic heterocycles.